The predicted octanol–water partition coefficient (Wildman–Crippen LogP) is 3.64. The smallest absolute Gasteiger partial charge is 0.274 e. The number of hydrogen-bond acceptors (Lipinski definition) is 6. The zero-order valence-electron chi connectivity index (χ0n) is 21.9. The number of benzene rings is 1. The number of carbonyl (C=O) groups is 2. The van der Waals surface area contributed by atoms with E-state index in [-0.39, 0.29) is 23.9 Å². The van der Waals surface area contributed by atoms with E-state index in [1.54, 1.807) is 18.3 Å². The maximum absolute atomic E-state index is 13.4. The number of carbonyl (C=O) groups excluding carboxylic acids is 2. The van der Waals surface area contributed by atoms with Crippen LogP contribution in [0.15, 0.2) is 35.4 Å². The fourth-order valence-corrected chi connectivity index (χ4v) is 4.98. The van der Waals surface area contributed by atoms with Crippen molar-refractivity contribution in [2.75, 3.05) is 49.8 Å². The summed E-state index contributed by atoms with van der Waals surface area (Å²) in [6.45, 7) is 5.97. The van der Waals surface area contributed by atoms with Gasteiger partial charge >= 0.3 is 0 Å². The molecule has 35 heavy (non-hydrogen) atoms. The zero-order valence-corrected chi connectivity index (χ0v) is 22.7. The topological polar surface area (TPSA) is 111 Å². The van der Waals surface area contributed by atoms with Gasteiger partial charge in [0.15, 0.2) is 11.5 Å². The Morgan fingerprint density at radius 3 is 2.26 bits per heavy atom. The number of fused-ring (bicyclic) bond motifs is 1. The van der Waals surface area contributed by atoms with Gasteiger partial charge in [0.1, 0.15) is 0 Å². The van der Waals surface area contributed by atoms with Crippen LogP contribution in [-0.4, -0.2) is 70.4 Å². The first-order chi connectivity index (χ1) is 16.0. The highest BCUT2D eigenvalue weighted by Crippen LogP contribution is 2.81. The van der Waals surface area contributed by atoms with Gasteiger partial charge in [0.2, 0.25) is 11.5 Å². The standard InChI is InChI=1S/C25H37N5O4S/c1-9-33-23-14-20-15-29(25(26)30(20)28-24(23)34-10-2)16-22(32)18-11-19(27-17(3)31)13-21(12-18)35(4,5,6,7)8/h11-15,26H,9-10,16H2,1-8H3,(H,27,31). The third kappa shape index (κ3) is 6.05. The molecule has 0 aliphatic heterocycles. The van der Waals surface area contributed by atoms with Crippen molar-refractivity contribution in [1.82, 2.24) is 14.2 Å². The molecule has 2 heterocycles. The minimum atomic E-state index is -2.66. The summed E-state index contributed by atoms with van der Waals surface area (Å²) in [6.07, 6.45) is 12.7. The number of imidazole rings is 1. The van der Waals surface area contributed by atoms with Gasteiger partial charge in [-0.3, -0.25) is 23.3 Å². The highest BCUT2D eigenvalue weighted by Gasteiger charge is 2.39. The van der Waals surface area contributed by atoms with Gasteiger partial charge in [0, 0.05) is 30.4 Å². The Morgan fingerprint density at radius 1 is 1.03 bits per heavy atom. The minimum absolute atomic E-state index is 0.0401. The summed E-state index contributed by atoms with van der Waals surface area (Å²) in [5.41, 5.74) is 1.72. The van der Waals surface area contributed by atoms with Gasteiger partial charge in [0.25, 0.3) is 5.88 Å². The first-order valence-corrected chi connectivity index (χ1v) is 15.9. The Labute approximate surface area is 205 Å². The fourth-order valence-electron chi connectivity index (χ4n) is 3.55. The van der Waals surface area contributed by atoms with Crippen LogP contribution >= 0.6 is 8.29 Å². The number of ketones is 1. The highest BCUT2D eigenvalue weighted by molar-refractivity contribution is 8.62. The van der Waals surface area contributed by atoms with Crippen molar-refractivity contribution in [3.63, 3.8) is 0 Å². The average Bonchev–Trinajstić information content (AvgIpc) is 3.01. The molecule has 3 aromatic rings. The van der Waals surface area contributed by atoms with E-state index in [2.05, 4.69) is 41.7 Å². The molecular weight excluding hydrogens is 466 g/mol. The molecule has 2 aromatic heterocycles. The van der Waals surface area contributed by atoms with Gasteiger partial charge in [-0.1, -0.05) is 0 Å². The summed E-state index contributed by atoms with van der Waals surface area (Å²) >= 11 is 0. The maximum atomic E-state index is 13.4. The van der Waals surface area contributed by atoms with E-state index >= 15 is 0 Å². The molecule has 0 saturated carbocycles. The summed E-state index contributed by atoms with van der Waals surface area (Å²) < 4.78 is 14.2. The second kappa shape index (κ2) is 8.44. The molecule has 0 unspecified atom stereocenters. The van der Waals surface area contributed by atoms with Crippen molar-refractivity contribution in [2.45, 2.75) is 32.2 Å². The summed E-state index contributed by atoms with van der Waals surface area (Å²) in [7, 11) is -2.66. The summed E-state index contributed by atoms with van der Waals surface area (Å²) in [4.78, 5) is 26.2. The number of nitrogens with zero attached hydrogens (tertiary/aromatic N) is 3. The third-order valence-corrected chi connectivity index (χ3v) is 7.90. The van der Waals surface area contributed by atoms with Crippen LogP contribution in [0.3, 0.4) is 0 Å². The fraction of sp³-hybridized carbons (Fsp3) is 0.440. The van der Waals surface area contributed by atoms with E-state index in [9.17, 15) is 9.59 Å². The molecule has 1 aromatic carbocycles. The Hall–Kier alpha value is -3.27. The average molecular weight is 504 g/mol. The van der Waals surface area contributed by atoms with E-state index in [0.29, 0.717) is 41.6 Å². The molecule has 0 fully saturated rings. The van der Waals surface area contributed by atoms with E-state index in [1.807, 2.05) is 26.0 Å². The van der Waals surface area contributed by atoms with Gasteiger partial charge in [-0.15, -0.1) is 5.10 Å². The molecule has 192 valence electrons. The van der Waals surface area contributed by atoms with Gasteiger partial charge < -0.3 is 19.4 Å². The number of amides is 1. The number of hydrogen-bond donors (Lipinski definition) is 2. The highest BCUT2D eigenvalue weighted by atomic mass is 32.4. The van der Waals surface area contributed by atoms with E-state index in [0.717, 1.165) is 4.90 Å². The van der Waals surface area contributed by atoms with Crippen LogP contribution in [0, 0.1) is 5.41 Å². The molecule has 0 bridgehead atoms. The van der Waals surface area contributed by atoms with Gasteiger partial charge in [0.05, 0.1) is 25.3 Å². The maximum Gasteiger partial charge on any atom is 0.274 e. The van der Waals surface area contributed by atoms with Crippen LogP contribution in [-0.2, 0) is 11.3 Å². The molecular formula is C25H37N5O4S. The number of rotatable bonds is 9. The quantitative estimate of drug-likeness (QED) is 0.433. The van der Waals surface area contributed by atoms with Crippen molar-refractivity contribution in [1.29, 1.82) is 5.41 Å². The Bertz CT molecular complexity index is 1370. The van der Waals surface area contributed by atoms with Crippen LogP contribution in [0.1, 0.15) is 31.1 Å². The van der Waals surface area contributed by atoms with Crippen molar-refractivity contribution < 1.29 is 19.1 Å². The van der Waals surface area contributed by atoms with Crippen LogP contribution in [0.5, 0.6) is 11.6 Å². The lowest BCUT2D eigenvalue weighted by molar-refractivity contribution is -0.114. The normalized spacial score (nSPS) is 13.7. The molecule has 3 rings (SSSR count). The summed E-state index contributed by atoms with van der Waals surface area (Å²) in [5.74, 6) is 0.408. The lowest BCUT2D eigenvalue weighted by atomic mass is 10.1. The lowest BCUT2D eigenvalue weighted by Gasteiger charge is -2.66. The van der Waals surface area contributed by atoms with Crippen molar-refractivity contribution in [3.8, 4) is 11.6 Å². The number of Topliss-reactive ketones (excluding diaryl/α,β-unsaturated/α-hetero) is 1. The van der Waals surface area contributed by atoms with Crippen molar-refractivity contribution >= 4 is 31.2 Å². The molecule has 9 nitrogen and oxygen atoms in total. The molecule has 10 heteroatoms. The van der Waals surface area contributed by atoms with Crippen molar-refractivity contribution in [2.24, 2.45) is 0 Å². The number of anilines is 1. The van der Waals surface area contributed by atoms with E-state index < -0.39 is 8.29 Å². The summed E-state index contributed by atoms with van der Waals surface area (Å²) in [6, 6.07) is 7.30. The van der Waals surface area contributed by atoms with Crippen molar-refractivity contribution in [3.05, 3.63) is 41.6 Å². The third-order valence-electron chi connectivity index (χ3n) is 5.31. The van der Waals surface area contributed by atoms with Crippen LogP contribution in [0.4, 0.5) is 5.69 Å². The largest absolute Gasteiger partial charge is 0.488 e. The predicted molar refractivity (Wildman–Crippen MR) is 142 cm³/mol. The molecule has 2 N–H and O–H groups in total. The van der Waals surface area contributed by atoms with E-state index in [4.69, 9.17) is 14.9 Å². The molecule has 0 saturated heterocycles. The molecule has 0 spiro atoms. The first kappa shape index (κ1) is 26.3. The second-order valence-electron chi connectivity index (χ2n) is 11.6. The van der Waals surface area contributed by atoms with E-state index in [1.165, 1.54) is 16.0 Å². The molecule has 0 atom stereocenters. The minimum Gasteiger partial charge on any atom is -0.488 e. The van der Waals surface area contributed by atoms with Gasteiger partial charge in [-0.2, -0.15) is 4.52 Å². The zero-order chi connectivity index (χ0) is 26.2. The Kier molecular flexibility index (Phi) is 6.35. The molecule has 0 aliphatic rings. The number of aromatic nitrogens is 3. The van der Waals surface area contributed by atoms with Crippen LogP contribution in [0.2, 0.25) is 0 Å². The Morgan fingerprint density at radius 2 is 1.69 bits per heavy atom. The van der Waals surface area contributed by atoms with Crippen LogP contribution in [0.25, 0.3) is 5.52 Å². The molecule has 0 radical (unpaired) electrons. The monoisotopic (exact) mass is 503 g/mol. The van der Waals surface area contributed by atoms with Gasteiger partial charge in [-0.05, 0) is 68.2 Å². The van der Waals surface area contributed by atoms with Crippen LogP contribution < -0.4 is 20.4 Å². The SMILES string of the molecule is CCOc1cc2cn(CC(=O)c3cc(NC(C)=O)cc(S(C)(C)(C)(C)C)c3)c(=N)n2nc1OCC. The number of nitrogens with one attached hydrogen (secondary N) is 2. The Balaban J connectivity index is 2.06. The molecule has 1 amide bonds. The number of ether oxygens (including phenoxy) is 2. The lowest BCUT2D eigenvalue weighted by Crippen LogP contribution is -2.30. The first-order valence-electron chi connectivity index (χ1n) is 11.4. The van der Waals surface area contributed by atoms with Gasteiger partial charge in [-0.25, -0.2) is 0 Å². The second-order valence-corrected chi connectivity index (χ2v) is 22.2. The summed E-state index contributed by atoms with van der Waals surface area (Å²) in [5, 5.41) is 15.8. The molecule has 0 aliphatic carbocycles.